The molecule has 3 heteroatoms. The van der Waals surface area contributed by atoms with Crippen molar-refractivity contribution >= 4 is 0 Å². The summed E-state index contributed by atoms with van der Waals surface area (Å²) in [5, 5.41) is 0. The number of likely N-dealkylation sites (tertiary alicyclic amines) is 1. The van der Waals surface area contributed by atoms with Gasteiger partial charge in [0.2, 0.25) is 0 Å². The van der Waals surface area contributed by atoms with Crippen molar-refractivity contribution in [1.82, 2.24) is 4.90 Å². The van der Waals surface area contributed by atoms with Crippen LogP contribution >= 0.6 is 0 Å². The van der Waals surface area contributed by atoms with Gasteiger partial charge >= 0.3 is 0 Å². The van der Waals surface area contributed by atoms with Crippen molar-refractivity contribution in [2.75, 3.05) is 27.3 Å². The van der Waals surface area contributed by atoms with Crippen LogP contribution in [-0.2, 0) is 9.47 Å². The second-order valence-corrected chi connectivity index (χ2v) is 4.02. The predicted octanol–water partition coefficient (Wildman–Crippen LogP) is 1.13. The molecule has 1 aliphatic heterocycles. The van der Waals surface area contributed by atoms with Crippen molar-refractivity contribution in [1.29, 1.82) is 0 Å². The Labute approximate surface area is 81.0 Å². The summed E-state index contributed by atoms with van der Waals surface area (Å²) in [6.45, 7) is 6.06. The zero-order chi connectivity index (χ0) is 9.84. The van der Waals surface area contributed by atoms with E-state index in [4.69, 9.17) is 9.47 Å². The zero-order valence-electron chi connectivity index (χ0n) is 9.12. The molecular formula is C10H21NO2. The summed E-state index contributed by atoms with van der Waals surface area (Å²) in [7, 11) is 3.88. The van der Waals surface area contributed by atoms with Crippen LogP contribution in [0.25, 0.3) is 0 Å². The van der Waals surface area contributed by atoms with Crippen molar-refractivity contribution in [3.05, 3.63) is 0 Å². The van der Waals surface area contributed by atoms with Gasteiger partial charge in [-0.05, 0) is 27.3 Å². The van der Waals surface area contributed by atoms with Gasteiger partial charge in [0.1, 0.15) is 0 Å². The van der Waals surface area contributed by atoms with E-state index in [-0.39, 0.29) is 0 Å². The fraction of sp³-hybridized carbons (Fsp3) is 1.00. The molecule has 0 aromatic carbocycles. The van der Waals surface area contributed by atoms with Gasteiger partial charge in [0.05, 0.1) is 24.9 Å². The monoisotopic (exact) mass is 187 g/mol. The first-order chi connectivity index (χ1) is 6.15. The maximum atomic E-state index is 5.83. The Bertz CT molecular complexity index is 150. The van der Waals surface area contributed by atoms with Crippen molar-refractivity contribution in [3.63, 3.8) is 0 Å². The molecule has 1 saturated heterocycles. The lowest BCUT2D eigenvalue weighted by molar-refractivity contribution is -0.0274. The molecule has 0 spiro atoms. The molecule has 1 heterocycles. The van der Waals surface area contributed by atoms with E-state index in [1.54, 1.807) is 7.11 Å². The highest BCUT2D eigenvalue weighted by Crippen LogP contribution is 2.20. The highest BCUT2D eigenvalue weighted by atomic mass is 16.5. The van der Waals surface area contributed by atoms with Gasteiger partial charge in [-0.1, -0.05) is 0 Å². The molecule has 78 valence electrons. The third-order valence-corrected chi connectivity index (χ3v) is 2.55. The molecule has 1 rings (SSSR count). The molecule has 1 fully saturated rings. The molecule has 0 radical (unpaired) electrons. The molecule has 1 aliphatic rings. The van der Waals surface area contributed by atoms with Gasteiger partial charge in [-0.15, -0.1) is 0 Å². The molecular weight excluding hydrogens is 166 g/mol. The number of ether oxygens (including phenoxy) is 2. The third-order valence-electron chi connectivity index (χ3n) is 2.55. The molecule has 3 nitrogen and oxygen atoms in total. The summed E-state index contributed by atoms with van der Waals surface area (Å²) in [6.07, 6.45) is 1.80. The molecule has 2 atom stereocenters. The summed E-state index contributed by atoms with van der Waals surface area (Å²) in [4.78, 5) is 2.32. The molecule has 0 amide bonds. The van der Waals surface area contributed by atoms with E-state index < -0.39 is 0 Å². The van der Waals surface area contributed by atoms with Gasteiger partial charge in [-0.25, -0.2) is 0 Å². The Morgan fingerprint density at radius 1 is 1.46 bits per heavy atom. The van der Waals surface area contributed by atoms with E-state index >= 15 is 0 Å². The van der Waals surface area contributed by atoms with Crippen LogP contribution in [0.4, 0.5) is 0 Å². The lowest BCUT2D eigenvalue weighted by atomic mass is 10.2. The average molecular weight is 187 g/mol. The van der Waals surface area contributed by atoms with E-state index in [9.17, 15) is 0 Å². The number of rotatable bonds is 4. The molecule has 0 N–H and O–H groups in total. The maximum Gasteiger partial charge on any atom is 0.0768 e. The minimum absolute atomic E-state index is 0.316. The third kappa shape index (κ3) is 2.93. The molecule has 0 unspecified atom stereocenters. The minimum Gasteiger partial charge on any atom is -0.383 e. The van der Waals surface area contributed by atoms with Crippen LogP contribution in [0.1, 0.15) is 20.3 Å². The SMILES string of the molecule is COC[C@H]1[C@@H](OC(C)C)CCN1C. The average Bonchev–Trinajstić information content (AvgIpc) is 2.35. The van der Waals surface area contributed by atoms with Gasteiger partial charge < -0.3 is 9.47 Å². The predicted molar refractivity (Wildman–Crippen MR) is 52.9 cm³/mol. The number of nitrogens with zero attached hydrogens (tertiary/aromatic N) is 1. The number of methoxy groups -OCH3 is 1. The van der Waals surface area contributed by atoms with Crippen LogP contribution in [-0.4, -0.2) is 50.5 Å². The molecule has 0 bridgehead atoms. The summed E-state index contributed by atoms with van der Waals surface area (Å²) in [5.41, 5.74) is 0. The summed E-state index contributed by atoms with van der Waals surface area (Å²) in [6, 6.07) is 0.437. The first kappa shape index (κ1) is 11.0. The summed E-state index contributed by atoms with van der Waals surface area (Å²) in [5.74, 6) is 0. The van der Waals surface area contributed by atoms with E-state index in [2.05, 4.69) is 25.8 Å². The number of likely N-dealkylation sites (N-methyl/N-ethyl adjacent to an activating group) is 1. The fourth-order valence-electron chi connectivity index (χ4n) is 1.89. The van der Waals surface area contributed by atoms with Gasteiger partial charge in [0.25, 0.3) is 0 Å². The Kier molecular flexibility index (Phi) is 4.16. The van der Waals surface area contributed by atoms with E-state index in [0.717, 1.165) is 19.6 Å². The van der Waals surface area contributed by atoms with E-state index in [1.165, 1.54) is 0 Å². The van der Waals surface area contributed by atoms with Gasteiger partial charge in [-0.2, -0.15) is 0 Å². The Morgan fingerprint density at radius 3 is 2.69 bits per heavy atom. The Hall–Kier alpha value is -0.120. The van der Waals surface area contributed by atoms with Crippen LogP contribution in [0, 0.1) is 0 Å². The molecule has 0 aromatic rings. The van der Waals surface area contributed by atoms with Gasteiger partial charge in [0.15, 0.2) is 0 Å². The second-order valence-electron chi connectivity index (χ2n) is 4.02. The Balaban J connectivity index is 2.43. The normalized spacial score (nSPS) is 30.2. The van der Waals surface area contributed by atoms with Crippen molar-refractivity contribution in [2.45, 2.75) is 38.5 Å². The largest absolute Gasteiger partial charge is 0.383 e. The standard InChI is InChI=1S/C10H21NO2/c1-8(2)13-10-5-6-11(3)9(10)7-12-4/h8-10H,5-7H2,1-4H3/t9-,10-/m0/s1. The first-order valence-electron chi connectivity index (χ1n) is 4.99. The fourth-order valence-corrected chi connectivity index (χ4v) is 1.89. The quantitative estimate of drug-likeness (QED) is 0.658. The topological polar surface area (TPSA) is 21.7 Å². The Morgan fingerprint density at radius 2 is 2.15 bits per heavy atom. The highest BCUT2D eigenvalue weighted by molar-refractivity contribution is 4.86. The van der Waals surface area contributed by atoms with Crippen LogP contribution in [0.3, 0.4) is 0 Å². The van der Waals surface area contributed by atoms with Crippen LogP contribution < -0.4 is 0 Å². The molecule has 0 saturated carbocycles. The van der Waals surface area contributed by atoms with Crippen LogP contribution in [0.2, 0.25) is 0 Å². The zero-order valence-corrected chi connectivity index (χ0v) is 9.12. The van der Waals surface area contributed by atoms with Gasteiger partial charge in [0, 0.05) is 13.7 Å². The second kappa shape index (κ2) is 4.94. The highest BCUT2D eigenvalue weighted by Gasteiger charge is 2.32. The summed E-state index contributed by atoms with van der Waals surface area (Å²) >= 11 is 0. The first-order valence-corrected chi connectivity index (χ1v) is 4.99. The van der Waals surface area contributed by atoms with E-state index in [0.29, 0.717) is 18.2 Å². The molecule has 0 aliphatic carbocycles. The number of hydrogen-bond donors (Lipinski definition) is 0. The van der Waals surface area contributed by atoms with Crippen molar-refractivity contribution < 1.29 is 9.47 Å². The van der Waals surface area contributed by atoms with Crippen LogP contribution in [0.15, 0.2) is 0 Å². The smallest absolute Gasteiger partial charge is 0.0768 e. The number of hydrogen-bond acceptors (Lipinski definition) is 3. The maximum absolute atomic E-state index is 5.83. The molecule has 13 heavy (non-hydrogen) atoms. The minimum atomic E-state index is 0.316. The van der Waals surface area contributed by atoms with Crippen molar-refractivity contribution in [3.8, 4) is 0 Å². The van der Waals surface area contributed by atoms with E-state index in [1.807, 2.05) is 0 Å². The lowest BCUT2D eigenvalue weighted by Gasteiger charge is -2.25. The van der Waals surface area contributed by atoms with Gasteiger partial charge in [-0.3, -0.25) is 4.90 Å². The van der Waals surface area contributed by atoms with Crippen molar-refractivity contribution in [2.24, 2.45) is 0 Å². The molecule has 0 aromatic heterocycles. The van der Waals surface area contributed by atoms with Crippen LogP contribution in [0.5, 0.6) is 0 Å². The lowest BCUT2D eigenvalue weighted by Crippen LogP contribution is -2.38. The summed E-state index contributed by atoms with van der Waals surface area (Å²) < 4.78 is 11.0.